The average molecular weight is 334 g/mol. The minimum atomic E-state index is -0.178. The van der Waals surface area contributed by atoms with Gasteiger partial charge in [0.25, 0.3) is 0 Å². The van der Waals surface area contributed by atoms with Gasteiger partial charge in [0.15, 0.2) is 0 Å². The van der Waals surface area contributed by atoms with E-state index in [0.29, 0.717) is 19.4 Å². The normalized spacial score (nSPS) is 18.3. The fraction of sp³-hybridized carbons (Fsp3) is 0.556. The molecule has 1 N–H and O–H groups in total. The highest BCUT2D eigenvalue weighted by Crippen LogP contribution is 2.22. The first-order chi connectivity index (χ1) is 10.9. The molecule has 1 aliphatic rings. The molecule has 1 aromatic carbocycles. The third-order valence-corrected chi connectivity index (χ3v) is 4.96. The van der Waals surface area contributed by atoms with Crippen molar-refractivity contribution in [2.75, 3.05) is 12.3 Å². The van der Waals surface area contributed by atoms with Gasteiger partial charge in [0, 0.05) is 29.8 Å². The van der Waals surface area contributed by atoms with Gasteiger partial charge in [-0.2, -0.15) is 0 Å². The molecule has 23 heavy (non-hydrogen) atoms. The van der Waals surface area contributed by atoms with Crippen LogP contribution in [0.1, 0.15) is 40.0 Å². The average Bonchev–Trinajstić information content (AvgIpc) is 2.85. The van der Waals surface area contributed by atoms with Crippen LogP contribution in [-0.4, -0.2) is 40.6 Å². The molecule has 0 aromatic heterocycles. The predicted molar refractivity (Wildman–Crippen MR) is 94.4 cm³/mol. The minimum Gasteiger partial charge on any atom is -0.351 e. The number of nitrogens with one attached hydrogen (secondary N) is 1. The summed E-state index contributed by atoms with van der Waals surface area (Å²) in [6.07, 6.45) is 1.77. The van der Waals surface area contributed by atoms with E-state index in [-0.39, 0.29) is 23.4 Å². The second kappa shape index (κ2) is 7.86. The first-order valence-electron chi connectivity index (χ1n) is 8.14. The molecule has 5 heteroatoms. The molecular formula is C18H26N2O2S. The lowest BCUT2D eigenvalue weighted by atomic mass is 10.1. The second-order valence-electron chi connectivity index (χ2n) is 6.91. The highest BCUT2D eigenvalue weighted by molar-refractivity contribution is 7.99. The van der Waals surface area contributed by atoms with Gasteiger partial charge in [-0.05, 0) is 45.1 Å². The van der Waals surface area contributed by atoms with Gasteiger partial charge in [-0.1, -0.05) is 18.2 Å². The van der Waals surface area contributed by atoms with Crippen LogP contribution in [0.4, 0.5) is 0 Å². The predicted octanol–water partition coefficient (Wildman–Crippen LogP) is 3.07. The molecule has 1 heterocycles. The number of carbonyl (C=O) groups is 2. The van der Waals surface area contributed by atoms with Crippen molar-refractivity contribution in [1.29, 1.82) is 0 Å². The Bertz CT molecular complexity index is 540. The Morgan fingerprint density at radius 3 is 2.61 bits per heavy atom. The second-order valence-corrected chi connectivity index (χ2v) is 8.08. The summed E-state index contributed by atoms with van der Waals surface area (Å²) in [6.45, 7) is 6.69. The lowest BCUT2D eigenvalue weighted by Gasteiger charge is -2.32. The number of amides is 2. The van der Waals surface area contributed by atoms with Gasteiger partial charge >= 0.3 is 0 Å². The number of benzene rings is 1. The molecule has 0 bridgehead atoms. The largest absolute Gasteiger partial charge is 0.351 e. The molecule has 1 fully saturated rings. The first-order valence-corrected chi connectivity index (χ1v) is 9.12. The molecular weight excluding hydrogens is 308 g/mol. The van der Waals surface area contributed by atoms with E-state index in [1.807, 2.05) is 43.9 Å². The summed E-state index contributed by atoms with van der Waals surface area (Å²) in [6, 6.07) is 10.2. The summed E-state index contributed by atoms with van der Waals surface area (Å²) in [5.74, 6) is 1.10. The van der Waals surface area contributed by atoms with E-state index in [1.54, 1.807) is 11.8 Å². The van der Waals surface area contributed by atoms with Crippen molar-refractivity contribution in [1.82, 2.24) is 10.2 Å². The molecule has 0 spiro atoms. The smallest absolute Gasteiger partial charge is 0.225 e. The Morgan fingerprint density at radius 1 is 1.30 bits per heavy atom. The third kappa shape index (κ3) is 5.57. The molecule has 2 amide bonds. The Labute approximate surface area is 143 Å². The topological polar surface area (TPSA) is 49.4 Å². The summed E-state index contributed by atoms with van der Waals surface area (Å²) in [7, 11) is 0. The summed E-state index contributed by atoms with van der Waals surface area (Å²) >= 11 is 1.77. The van der Waals surface area contributed by atoms with Crippen LogP contribution in [0.3, 0.4) is 0 Å². The van der Waals surface area contributed by atoms with Gasteiger partial charge in [-0.25, -0.2) is 0 Å². The molecule has 126 valence electrons. The van der Waals surface area contributed by atoms with Crippen molar-refractivity contribution >= 4 is 23.6 Å². The van der Waals surface area contributed by atoms with Gasteiger partial charge in [0.1, 0.15) is 0 Å². The van der Waals surface area contributed by atoms with Crippen LogP contribution in [0, 0.1) is 0 Å². The highest BCUT2D eigenvalue weighted by Gasteiger charge is 2.36. The van der Waals surface area contributed by atoms with E-state index < -0.39 is 0 Å². The number of hydrogen-bond acceptors (Lipinski definition) is 3. The maximum absolute atomic E-state index is 12.0. The summed E-state index contributed by atoms with van der Waals surface area (Å²) in [5, 5.41) is 3.00. The number of thioether (sulfide) groups is 1. The van der Waals surface area contributed by atoms with Crippen LogP contribution in [0.15, 0.2) is 35.2 Å². The van der Waals surface area contributed by atoms with E-state index in [4.69, 9.17) is 0 Å². The molecule has 1 atom stereocenters. The van der Waals surface area contributed by atoms with E-state index in [2.05, 4.69) is 17.4 Å². The van der Waals surface area contributed by atoms with Crippen LogP contribution in [0.5, 0.6) is 0 Å². The summed E-state index contributed by atoms with van der Waals surface area (Å²) in [5.41, 5.74) is -0.178. The quantitative estimate of drug-likeness (QED) is 0.642. The fourth-order valence-electron chi connectivity index (χ4n) is 2.69. The van der Waals surface area contributed by atoms with Crippen LogP contribution in [-0.2, 0) is 9.59 Å². The van der Waals surface area contributed by atoms with Gasteiger partial charge in [-0.15, -0.1) is 11.8 Å². The zero-order valence-corrected chi connectivity index (χ0v) is 15.0. The Hall–Kier alpha value is -1.49. The molecule has 1 aliphatic heterocycles. The molecule has 1 saturated heterocycles. The van der Waals surface area contributed by atoms with E-state index >= 15 is 0 Å². The SMILES string of the molecule is CC(C)(C)N1C[C@@H](NC(=O)CCCSc2ccccc2)CC1=O. The number of rotatable bonds is 6. The number of carbonyl (C=O) groups excluding carboxylic acids is 2. The van der Waals surface area contributed by atoms with Crippen LogP contribution >= 0.6 is 11.8 Å². The van der Waals surface area contributed by atoms with Crippen LogP contribution in [0.2, 0.25) is 0 Å². The molecule has 0 unspecified atom stereocenters. The Balaban J connectivity index is 1.67. The zero-order chi connectivity index (χ0) is 16.9. The fourth-order valence-corrected chi connectivity index (χ4v) is 3.57. The van der Waals surface area contributed by atoms with Crippen LogP contribution < -0.4 is 5.32 Å². The van der Waals surface area contributed by atoms with E-state index in [9.17, 15) is 9.59 Å². The van der Waals surface area contributed by atoms with Gasteiger partial charge in [0.2, 0.25) is 11.8 Å². The molecule has 0 radical (unpaired) electrons. The van der Waals surface area contributed by atoms with E-state index in [1.165, 1.54) is 4.90 Å². The standard InChI is InChI=1S/C18H26N2O2S/c1-18(2,3)20-13-14(12-17(20)22)19-16(21)10-7-11-23-15-8-5-4-6-9-15/h4-6,8-9,14H,7,10-13H2,1-3H3,(H,19,21)/t14-/m0/s1. The van der Waals surface area contributed by atoms with Crippen molar-refractivity contribution < 1.29 is 9.59 Å². The lowest BCUT2D eigenvalue weighted by Crippen LogP contribution is -2.44. The Morgan fingerprint density at radius 2 is 2.00 bits per heavy atom. The van der Waals surface area contributed by atoms with Crippen molar-refractivity contribution in [3.63, 3.8) is 0 Å². The molecule has 0 aliphatic carbocycles. The maximum atomic E-state index is 12.0. The highest BCUT2D eigenvalue weighted by atomic mass is 32.2. The number of nitrogens with zero attached hydrogens (tertiary/aromatic N) is 1. The van der Waals surface area contributed by atoms with Crippen molar-refractivity contribution in [3.05, 3.63) is 30.3 Å². The van der Waals surface area contributed by atoms with Gasteiger partial charge in [-0.3, -0.25) is 9.59 Å². The van der Waals surface area contributed by atoms with Gasteiger partial charge < -0.3 is 10.2 Å². The first kappa shape index (κ1) is 17.9. The molecule has 4 nitrogen and oxygen atoms in total. The zero-order valence-electron chi connectivity index (χ0n) is 14.2. The molecule has 1 aromatic rings. The van der Waals surface area contributed by atoms with E-state index in [0.717, 1.165) is 12.2 Å². The van der Waals surface area contributed by atoms with Crippen LogP contribution in [0.25, 0.3) is 0 Å². The third-order valence-electron chi connectivity index (χ3n) is 3.86. The number of hydrogen-bond donors (Lipinski definition) is 1. The van der Waals surface area contributed by atoms with Crippen molar-refractivity contribution in [2.24, 2.45) is 0 Å². The van der Waals surface area contributed by atoms with Crippen molar-refractivity contribution in [3.8, 4) is 0 Å². The maximum Gasteiger partial charge on any atom is 0.225 e. The Kier molecular flexibility index (Phi) is 6.10. The van der Waals surface area contributed by atoms with Crippen molar-refractivity contribution in [2.45, 2.75) is 56.5 Å². The minimum absolute atomic E-state index is 0.0454. The summed E-state index contributed by atoms with van der Waals surface area (Å²) in [4.78, 5) is 27.1. The van der Waals surface area contributed by atoms with Gasteiger partial charge in [0.05, 0.1) is 6.04 Å². The monoisotopic (exact) mass is 334 g/mol. The molecule has 2 rings (SSSR count). The molecule has 0 saturated carbocycles. The summed E-state index contributed by atoms with van der Waals surface area (Å²) < 4.78 is 0. The lowest BCUT2D eigenvalue weighted by molar-refractivity contribution is -0.131. The number of likely N-dealkylation sites (tertiary alicyclic amines) is 1.